The van der Waals surface area contributed by atoms with Gasteiger partial charge in [-0.25, -0.2) is 0 Å². The third kappa shape index (κ3) is 2.79. The summed E-state index contributed by atoms with van der Waals surface area (Å²) in [5.41, 5.74) is 1.35. The van der Waals surface area contributed by atoms with Crippen LogP contribution in [0.5, 0.6) is 0 Å². The van der Waals surface area contributed by atoms with Crippen LogP contribution in [0.2, 0.25) is 0 Å². The molecule has 0 heterocycles. The van der Waals surface area contributed by atoms with Crippen LogP contribution in [0.15, 0.2) is 30.3 Å². The predicted octanol–water partition coefficient (Wildman–Crippen LogP) is 3.79. The van der Waals surface area contributed by atoms with Crippen molar-refractivity contribution < 1.29 is 0 Å². The Hall–Kier alpha value is -1.06. The van der Waals surface area contributed by atoms with E-state index >= 15 is 0 Å². The summed E-state index contributed by atoms with van der Waals surface area (Å²) in [7, 11) is 0. The van der Waals surface area contributed by atoms with E-state index in [0.29, 0.717) is 0 Å². The summed E-state index contributed by atoms with van der Waals surface area (Å²) in [6.45, 7) is 4.56. The second-order valence-corrected chi connectivity index (χ2v) is 11.2. The average Bonchev–Trinajstić information content (AvgIpc) is 2.40. The molecule has 0 atom stereocenters. The molecule has 0 saturated carbocycles. The van der Waals surface area contributed by atoms with E-state index in [1.807, 2.05) is 6.07 Å². The van der Waals surface area contributed by atoms with Gasteiger partial charge >= 0.3 is 105 Å². The fourth-order valence-corrected chi connectivity index (χ4v) is 6.50. The van der Waals surface area contributed by atoms with Crippen molar-refractivity contribution in [3.8, 4) is 6.19 Å². The molecule has 2 nitrogen and oxygen atoms in total. The van der Waals surface area contributed by atoms with Crippen molar-refractivity contribution in [3.05, 3.63) is 35.9 Å². The SMILES string of the molecule is CCP(CC)(CC)(Cc1ccccc1)NC#N. The Morgan fingerprint density at radius 2 is 1.59 bits per heavy atom. The molecule has 0 unspecified atom stereocenters. The predicted molar refractivity (Wildman–Crippen MR) is 77.4 cm³/mol. The Balaban J connectivity index is 3.11. The Labute approximate surface area is 105 Å². The molecular weight excluding hydrogens is 227 g/mol. The van der Waals surface area contributed by atoms with E-state index in [-0.39, 0.29) is 0 Å². The molecule has 1 aromatic carbocycles. The van der Waals surface area contributed by atoms with Crippen LogP contribution in [0, 0.1) is 11.5 Å². The van der Waals surface area contributed by atoms with Crippen molar-refractivity contribution in [1.82, 2.24) is 5.09 Å². The second-order valence-electron chi connectivity index (χ2n) is 4.79. The van der Waals surface area contributed by atoms with E-state index in [4.69, 9.17) is 5.26 Å². The Bertz CT molecular complexity index is 379. The molecule has 0 radical (unpaired) electrons. The van der Waals surface area contributed by atoms with E-state index in [0.717, 1.165) is 24.6 Å². The minimum atomic E-state index is -2.10. The van der Waals surface area contributed by atoms with Crippen molar-refractivity contribution >= 4 is 6.75 Å². The summed E-state index contributed by atoms with van der Waals surface area (Å²) in [4.78, 5) is 0. The molecule has 1 rings (SSSR count). The molecule has 94 valence electrons. The topological polar surface area (TPSA) is 35.8 Å². The van der Waals surface area contributed by atoms with Crippen molar-refractivity contribution in [2.45, 2.75) is 26.9 Å². The van der Waals surface area contributed by atoms with Crippen LogP contribution in [0.3, 0.4) is 0 Å². The second kappa shape index (κ2) is 5.52. The summed E-state index contributed by atoms with van der Waals surface area (Å²) in [6, 6.07) is 10.5. The standard InChI is InChI=1S/C14H23N2P/c1-4-17(5-2,6-3,16-13-15)12-14-10-8-7-9-11-14/h7-11,16H,4-6,12H2,1-3H3. The Morgan fingerprint density at radius 3 is 2.00 bits per heavy atom. The monoisotopic (exact) mass is 250 g/mol. The third-order valence-corrected chi connectivity index (χ3v) is 11.2. The molecule has 0 aliphatic rings. The van der Waals surface area contributed by atoms with Crippen molar-refractivity contribution in [2.24, 2.45) is 0 Å². The van der Waals surface area contributed by atoms with Crippen LogP contribution < -0.4 is 5.09 Å². The van der Waals surface area contributed by atoms with Gasteiger partial charge in [-0.05, 0) is 0 Å². The summed E-state index contributed by atoms with van der Waals surface area (Å²) in [5, 5.41) is 12.4. The van der Waals surface area contributed by atoms with Crippen LogP contribution >= 0.6 is 6.75 Å². The minimum absolute atomic E-state index is 1.03. The molecule has 0 bridgehead atoms. The van der Waals surface area contributed by atoms with Crippen molar-refractivity contribution in [3.63, 3.8) is 0 Å². The van der Waals surface area contributed by atoms with Crippen molar-refractivity contribution in [1.29, 1.82) is 5.26 Å². The summed E-state index contributed by atoms with van der Waals surface area (Å²) in [5.74, 6) is 0. The van der Waals surface area contributed by atoms with Gasteiger partial charge in [0.15, 0.2) is 0 Å². The molecule has 0 aromatic heterocycles. The zero-order valence-corrected chi connectivity index (χ0v) is 12.0. The first kappa shape index (κ1) is 14.0. The zero-order chi connectivity index (χ0) is 12.8. The van der Waals surface area contributed by atoms with Crippen LogP contribution in [0.4, 0.5) is 0 Å². The number of benzene rings is 1. The summed E-state index contributed by atoms with van der Waals surface area (Å²) in [6.07, 6.45) is 6.51. The van der Waals surface area contributed by atoms with Gasteiger partial charge < -0.3 is 0 Å². The first-order valence-corrected chi connectivity index (χ1v) is 9.32. The molecule has 1 N–H and O–H groups in total. The Kier molecular flexibility index (Phi) is 4.54. The molecule has 3 heteroatoms. The summed E-state index contributed by atoms with van der Waals surface area (Å²) >= 11 is 0. The molecule has 0 fully saturated rings. The first-order chi connectivity index (χ1) is 8.13. The fourth-order valence-electron chi connectivity index (χ4n) is 2.49. The number of nitrogens with zero attached hydrogens (tertiary/aromatic N) is 1. The van der Waals surface area contributed by atoms with E-state index in [2.05, 4.69) is 56.3 Å². The van der Waals surface area contributed by atoms with Gasteiger partial charge in [0, 0.05) is 0 Å². The van der Waals surface area contributed by atoms with Gasteiger partial charge in [0.1, 0.15) is 0 Å². The molecule has 0 spiro atoms. The Morgan fingerprint density at radius 1 is 1.06 bits per heavy atom. The molecule has 17 heavy (non-hydrogen) atoms. The van der Waals surface area contributed by atoms with Gasteiger partial charge in [0.2, 0.25) is 0 Å². The average molecular weight is 250 g/mol. The maximum absolute atomic E-state index is 9.11. The van der Waals surface area contributed by atoms with Crippen LogP contribution in [-0.4, -0.2) is 18.5 Å². The fraction of sp³-hybridized carbons (Fsp3) is 0.500. The van der Waals surface area contributed by atoms with E-state index in [9.17, 15) is 0 Å². The zero-order valence-electron chi connectivity index (χ0n) is 11.1. The van der Waals surface area contributed by atoms with Crippen molar-refractivity contribution in [2.75, 3.05) is 18.5 Å². The van der Waals surface area contributed by atoms with Gasteiger partial charge in [0.05, 0.1) is 0 Å². The summed E-state index contributed by atoms with van der Waals surface area (Å²) < 4.78 is 0. The van der Waals surface area contributed by atoms with Gasteiger partial charge in [-0.15, -0.1) is 0 Å². The number of rotatable bonds is 6. The third-order valence-electron chi connectivity index (χ3n) is 4.29. The normalized spacial score (nSPS) is 13.4. The molecule has 0 amide bonds. The first-order valence-electron chi connectivity index (χ1n) is 6.35. The van der Waals surface area contributed by atoms with Crippen LogP contribution in [0.1, 0.15) is 26.3 Å². The molecular formula is C14H23N2P. The molecule has 0 aliphatic heterocycles. The van der Waals surface area contributed by atoms with E-state index < -0.39 is 6.75 Å². The van der Waals surface area contributed by atoms with Gasteiger partial charge in [-0.1, -0.05) is 0 Å². The van der Waals surface area contributed by atoms with Crippen LogP contribution in [0.25, 0.3) is 0 Å². The van der Waals surface area contributed by atoms with Gasteiger partial charge in [0.25, 0.3) is 0 Å². The van der Waals surface area contributed by atoms with E-state index in [1.165, 1.54) is 5.56 Å². The number of nitrogens with one attached hydrogen (secondary N) is 1. The quantitative estimate of drug-likeness (QED) is 0.473. The molecule has 0 aliphatic carbocycles. The molecule has 0 saturated heterocycles. The van der Waals surface area contributed by atoms with Gasteiger partial charge in [-0.3, -0.25) is 0 Å². The molecule has 1 aromatic rings. The van der Waals surface area contributed by atoms with Gasteiger partial charge in [-0.2, -0.15) is 0 Å². The number of hydrogen-bond acceptors (Lipinski definition) is 2. The number of hydrogen-bond donors (Lipinski definition) is 1. The van der Waals surface area contributed by atoms with E-state index in [1.54, 1.807) is 0 Å². The number of nitriles is 1. The maximum atomic E-state index is 9.11. The van der Waals surface area contributed by atoms with Crippen LogP contribution in [-0.2, 0) is 6.16 Å².